The molecule has 0 saturated carbocycles. The minimum atomic E-state index is -4.13. The van der Waals surface area contributed by atoms with Crippen LogP contribution in [-0.2, 0) is 10.0 Å². The fourth-order valence-electron chi connectivity index (χ4n) is 3.13. The van der Waals surface area contributed by atoms with E-state index in [1.54, 1.807) is 11.0 Å². The van der Waals surface area contributed by atoms with E-state index in [0.29, 0.717) is 25.1 Å². The van der Waals surface area contributed by atoms with Crippen molar-refractivity contribution in [3.8, 4) is 0 Å². The van der Waals surface area contributed by atoms with E-state index < -0.39 is 21.7 Å². The zero-order valence-corrected chi connectivity index (χ0v) is 15.6. The number of hydrogen-bond donors (Lipinski definition) is 1. The molecule has 0 aliphatic carbocycles. The van der Waals surface area contributed by atoms with Gasteiger partial charge in [0.2, 0.25) is 0 Å². The van der Waals surface area contributed by atoms with E-state index in [9.17, 15) is 22.0 Å². The second-order valence-electron chi connectivity index (χ2n) is 6.76. The number of carbonyl (C=O) groups is 1. The van der Waals surface area contributed by atoms with Crippen LogP contribution in [0.15, 0.2) is 47.4 Å². The highest BCUT2D eigenvalue weighted by Gasteiger charge is 2.24. The number of amides is 1. The van der Waals surface area contributed by atoms with E-state index in [1.165, 1.54) is 18.2 Å². The summed E-state index contributed by atoms with van der Waals surface area (Å²) in [5, 5.41) is 0. The number of carbonyl (C=O) groups excluding carboxylic acids is 1. The molecular formula is C19H20F2N2O3S. The topological polar surface area (TPSA) is 66.5 Å². The largest absolute Gasteiger partial charge is 0.338 e. The third kappa shape index (κ3) is 4.44. The molecule has 2 aromatic rings. The molecule has 1 N–H and O–H groups in total. The van der Waals surface area contributed by atoms with Crippen LogP contribution in [0, 0.1) is 17.6 Å². The molecule has 5 nitrogen and oxygen atoms in total. The number of halogens is 2. The van der Waals surface area contributed by atoms with Gasteiger partial charge in [-0.1, -0.05) is 13.0 Å². The maximum Gasteiger partial charge on any atom is 0.262 e. The Balaban J connectivity index is 1.84. The van der Waals surface area contributed by atoms with Gasteiger partial charge in [0, 0.05) is 24.7 Å². The van der Waals surface area contributed by atoms with Crippen molar-refractivity contribution in [2.45, 2.75) is 24.7 Å². The lowest BCUT2D eigenvalue weighted by atomic mass is 9.99. The molecule has 1 unspecified atom stereocenters. The average Bonchev–Trinajstić information content (AvgIpc) is 2.63. The molecule has 1 fully saturated rings. The van der Waals surface area contributed by atoms with Crippen LogP contribution < -0.4 is 4.72 Å². The molecular weight excluding hydrogens is 374 g/mol. The second-order valence-corrected chi connectivity index (χ2v) is 8.44. The van der Waals surface area contributed by atoms with Gasteiger partial charge in [0.15, 0.2) is 0 Å². The van der Waals surface area contributed by atoms with Crippen molar-refractivity contribution in [1.82, 2.24) is 4.90 Å². The number of benzene rings is 2. The Morgan fingerprint density at radius 2 is 1.96 bits per heavy atom. The Morgan fingerprint density at radius 1 is 1.19 bits per heavy atom. The van der Waals surface area contributed by atoms with E-state index >= 15 is 0 Å². The Labute approximate surface area is 157 Å². The van der Waals surface area contributed by atoms with Gasteiger partial charge in [-0.2, -0.15) is 0 Å². The second kappa shape index (κ2) is 7.64. The molecule has 1 amide bonds. The van der Waals surface area contributed by atoms with Crippen molar-refractivity contribution < 1.29 is 22.0 Å². The Bertz CT molecular complexity index is 963. The van der Waals surface area contributed by atoms with Crippen LogP contribution in [-0.4, -0.2) is 32.3 Å². The molecule has 2 aromatic carbocycles. The van der Waals surface area contributed by atoms with E-state index in [-0.39, 0.29) is 22.1 Å². The van der Waals surface area contributed by atoms with Crippen LogP contribution in [0.25, 0.3) is 0 Å². The van der Waals surface area contributed by atoms with Crippen molar-refractivity contribution >= 4 is 21.6 Å². The highest BCUT2D eigenvalue weighted by atomic mass is 32.2. The Kier molecular flexibility index (Phi) is 5.46. The van der Waals surface area contributed by atoms with Crippen LogP contribution in [0.5, 0.6) is 0 Å². The summed E-state index contributed by atoms with van der Waals surface area (Å²) in [4.78, 5) is 14.2. The zero-order chi connectivity index (χ0) is 19.6. The molecule has 27 heavy (non-hydrogen) atoms. The number of anilines is 1. The summed E-state index contributed by atoms with van der Waals surface area (Å²) in [6.07, 6.45) is 1.97. The molecule has 0 radical (unpaired) electrons. The first kappa shape index (κ1) is 19.3. The van der Waals surface area contributed by atoms with Crippen LogP contribution >= 0.6 is 0 Å². The summed E-state index contributed by atoms with van der Waals surface area (Å²) in [5.41, 5.74) is -0.107. The minimum absolute atomic E-state index is 0.165. The average molecular weight is 394 g/mol. The number of nitrogens with zero attached hydrogens (tertiary/aromatic N) is 1. The quantitative estimate of drug-likeness (QED) is 0.861. The van der Waals surface area contributed by atoms with Gasteiger partial charge in [0.05, 0.1) is 10.6 Å². The first-order valence-electron chi connectivity index (χ1n) is 8.63. The van der Waals surface area contributed by atoms with Crippen molar-refractivity contribution in [3.63, 3.8) is 0 Å². The van der Waals surface area contributed by atoms with Gasteiger partial charge in [-0.25, -0.2) is 17.2 Å². The third-order valence-corrected chi connectivity index (χ3v) is 5.87. The zero-order valence-electron chi connectivity index (χ0n) is 14.8. The van der Waals surface area contributed by atoms with Gasteiger partial charge >= 0.3 is 0 Å². The summed E-state index contributed by atoms with van der Waals surface area (Å²) >= 11 is 0. The fraction of sp³-hybridized carbons (Fsp3) is 0.316. The predicted octanol–water partition coefficient (Wildman–Crippen LogP) is 3.64. The Hall–Kier alpha value is -2.48. The van der Waals surface area contributed by atoms with Gasteiger partial charge in [-0.3, -0.25) is 9.52 Å². The maximum atomic E-state index is 13.8. The van der Waals surface area contributed by atoms with E-state index in [2.05, 4.69) is 11.6 Å². The molecule has 1 aliphatic rings. The number of sulfonamides is 1. The number of hydrogen-bond acceptors (Lipinski definition) is 3. The highest BCUT2D eigenvalue weighted by Crippen LogP contribution is 2.22. The minimum Gasteiger partial charge on any atom is -0.338 e. The summed E-state index contributed by atoms with van der Waals surface area (Å²) < 4.78 is 53.9. The van der Waals surface area contributed by atoms with Gasteiger partial charge in [0.25, 0.3) is 15.9 Å². The third-order valence-electron chi connectivity index (χ3n) is 4.51. The normalized spacial score (nSPS) is 17.6. The molecule has 1 heterocycles. The Morgan fingerprint density at radius 3 is 2.67 bits per heavy atom. The van der Waals surface area contributed by atoms with Gasteiger partial charge in [0.1, 0.15) is 11.6 Å². The molecule has 1 aliphatic heterocycles. The summed E-state index contributed by atoms with van der Waals surface area (Å²) in [7, 11) is -4.13. The lowest BCUT2D eigenvalue weighted by molar-refractivity contribution is 0.0683. The first-order valence-corrected chi connectivity index (χ1v) is 10.1. The number of piperidine rings is 1. The lowest BCUT2D eigenvalue weighted by Crippen LogP contribution is -2.39. The molecule has 144 valence electrons. The molecule has 3 rings (SSSR count). The number of nitrogens with one attached hydrogen (secondary N) is 1. The van der Waals surface area contributed by atoms with Crippen LogP contribution in [0.4, 0.5) is 14.5 Å². The SMILES string of the molecule is CC1CCCN(C(=O)c2cccc(S(=O)(=O)Nc3ccc(F)cc3F)c2)C1. The maximum absolute atomic E-state index is 13.8. The van der Waals surface area contributed by atoms with Crippen molar-refractivity contribution in [2.24, 2.45) is 5.92 Å². The van der Waals surface area contributed by atoms with Crippen LogP contribution in [0.2, 0.25) is 0 Å². The molecule has 0 spiro atoms. The number of rotatable bonds is 4. The van der Waals surface area contributed by atoms with Gasteiger partial charge in [-0.05, 0) is 49.1 Å². The molecule has 8 heteroatoms. The molecule has 1 atom stereocenters. The van der Waals surface area contributed by atoms with E-state index in [1.807, 2.05) is 0 Å². The summed E-state index contributed by atoms with van der Waals surface area (Å²) in [6.45, 7) is 3.34. The van der Waals surface area contributed by atoms with Crippen LogP contribution in [0.3, 0.4) is 0 Å². The van der Waals surface area contributed by atoms with E-state index in [0.717, 1.165) is 25.0 Å². The van der Waals surface area contributed by atoms with Crippen molar-refractivity contribution in [1.29, 1.82) is 0 Å². The molecule has 0 bridgehead atoms. The summed E-state index contributed by atoms with van der Waals surface area (Å²) in [6, 6.07) is 8.17. The van der Waals surface area contributed by atoms with Gasteiger partial charge in [-0.15, -0.1) is 0 Å². The van der Waals surface area contributed by atoms with Crippen LogP contribution in [0.1, 0.15) is 30.1 Å². The standard InChI is InChI=1S/C19H20F2N2O3S/c1-13-4-3-9-23(12-13)19(24)14-5-2-6-16(10-14)27(25,26)22-18-8-7-15(20)11-17(18)21/h2,5-8,10-11,13,22H,3-4,9,12H2,1H3. The van der Waals surface area contributed by atoms with Gasteiger partial charge < -0.3 is 4.90 Å². The number of likely N-dealkylation sites (tertiary alicyclic amines) is 1. The van der Waals surface area contributed by atoms with E-state index in [4.69, 9.17) is 0 Å². The molecule has 1 saturated heterocycles. The highest BCUT2D eigenvalue weighted by molar-refractivity contribution is 7.92. The fourth-order valence-corrected chi connectivity index (χ4v) is 4.24. The monoisotopic (exact) mass is 394 g/mol. The smallest absolute Gasteiger partial charge is 0.262 e. The lowest BCUT2D eigenvalue weighted by Gasteiger charge is -2.31. The van der Waals surface area contributed by atoms with Crippen molar-refractivity contribution in [3.05, 3.63) is 59.7 Å². The summed E-state index contributed by atoms with van der Waals surface area (Å²) in [5.74, 6) is -1.66. The first-order chi connectivity index (χ1) is 12.8. The van der Waals surface area contributed by atoms with Crippen molar-refractivity contribution in [2.75, 3.05) is 17.8 Å². The molecule has 0 aromatic heterocycles. The predicted molar refractivity (Wildman–Crippen MR) is 97.9 cm³/mol.